The number of ether oxygens (including phenoxy) is 2. The number of alkyl halides is 3. The Morgan fingerprint density at radius 2 is 2.10 bits per heavy atom. The quantitative estimate of drug-likeness (QED) is 0.669. The number of thiol groups is 1. The molecule has 7 heteroatoms. The topological polar surface area (TPSA) is 35.5 Å². The Morgan fingerprint density at radius 3 is 2.67 bits per heavy atom. The van der Waals surface area contributed by atoms with E-state index in [4.69, 9.17) is 4.74 Å². The van der Waals surface area contributed by atoms with Gasteiger partial charge >= 0.3 is 12.1 Å². The lowest BCUT2D eigenvalue weighted by atomic mass is 9.99. The SMILES string of the molecule is CCOC(=O)C1=Cc2cc(S)cc(C)c2OC1C(F)(F)F. The van der Waals surface area contributed by atoms with Crippen LogP contribution in [-0.4, -0.2) is 24.9 Å². The Bertz CT molecular complexity index is 608. The highest BCUT2D eigenvalue weighted by molar-refractivity contribution is 7.80. The fourth-order valence-electron chi connectivity index (χ4n) is 2.10. The van der Waals surface area contributed by atoms with E-state index >= 15 is 0 Å². The lowest BCUT2D eigenvalue weighted by Gasteiger charge is -2.29. The van der Waals surface area contributed by atoms with Gasteiger partial charge in [-0.3, -0.25) is 0 Å². The molecule has 1 atom stereocenters. The van der Waals surface area contributed by atoms with Crippen LogP contribution in [0, 0.1) is 6.92 Å². The first kappa shape index (κ1) is 15.8. The first-order valence-corrected chi connectivity index (χ1v) is 6.64. The molecule has 1 aliphatic rings. The van der Waals surface area contributed by atoms with Gasteiger partial charge in [-0.15, -0.1) is 12.6 Å². The molecule has 0 radical (unpaired) electrons. The molecule has 0 fully saturated rings. The zero-order valence-electron chi connectivity index (χ0n) is 11.3. The Labute approximate surface area is 125 Å². The standard InChI is InChI=1S/C14H13F3O3S/c1-3-19-13(18)10-6-8-5-9(21)4-7(2)11(8)20-12(10)14(15,16)17/h4-6,12,21H,3H2,1-2H3. The van der Waals surface area contributed by atoms with E-state index in [1.54, 1.807) is 13.0 Å². The van der Waals surface area contributed by atoms with E-state index in [1.807, 2.05) is 0 Å². The molecule has 1 aromatic rings. The summed E-state index contributed by atoms with van der Waals surface area (Å²) in [5.74, 6) is -0.934. The lowest BCUT2D eigenvalue weighted by molar-refractivity contribution is -0.188. The van der Waals surface area contributed by atoms with Crippen LogP contribution in [0.25, 0.3) is 6.08 Å². The van der Waals surface area contributed by atoms with Crippen LogP contribution in [0.3, 0.4) is 0 Å². The molecule has 0 bridgehead atoms. The minimum atomic E-state index is -4.71. The summed E-state index contributed by atoms with van der Waals surface area (Å²) >= 11 is 4.17. The largest absolute Gasteiger partial charge is 0.475 e. The van der Waals surface area contributed by atoms with Gasteiger partial charge in [-0.1, -0.05) is 0 Å². The van der Waals surface area contributed by atoms with Crippen LogP contribution in [0.1, 0.15) is 18.1 Å². The second kappa shape index (κ2) is 5.63. The average Bonchev–Trinajstić information content (AvgIpc) is 2.36. The first-order chi connectivity index (χ1) is 9.74. The van der Waals surface area contributed by atoms with Crippen LogP contribution >= 0.6 is 12.6 Å². The number of carbonyl (C=O) groups is 1. The molecular weight excluding hydrogens is 305 g/mol. The summed E-state index contributed by atoms with van der Waals surface area (Å²) in [4.78, 5) is 12.3. The van der Waals surface area contributed by atoms with Crippen LogP contribution in [0.4, 0.5) is 13.2 Å². The summed E-state index contributed by atoms with van der Waals surface area (Å²) in [6.45, 7) is 3.13. The average molecular weight is 318 g/mol. The van der Waals surface area contributed by atoms with Crippen molar-refractivity contribution < 1.29 is 27.4 Å². The molecule has 1 aromatic carbocycles. The minimum absolute atomic E-state index is 0.0146. The number of rotatable bonds is 2. The molecule has 0 amide bonds. The van der Waals surface area contributed by atoms with Crippen molar-refractivity contribution in [2.75, 3.05) is 6.61 Å². The van der Waals surface area contributed by atoms with Gasteiger partial charge in [0, 0.05) is 10.5 Å². The van der Waals surface area contributed by atoms with Gasteiger partial charge in [0.05, 0.1) is 12.2 Å². The number of esters is 1. The number of hydrogen-bond donors (Lipinski definition) is 1. The fourth-order valence-corrected chi connectivity index (χ4v) is 2.43. The Balaban J connectivity index is 2.55. The molecule has 0 spiro atoms. The van der Waals surface area contributed by atoms with E-state index < -0.39 is 23.8 Å². The maximum absolute atomic E-state index is 13.1. The van der Waals surface area contributed by atoms with E-state index in [0.717, 1.165) is 6.08 Å². The molecule has 0 aromatic heterocycles. The van der Waals surface area contributed by atoms with Gasteiger partial charge in [0.15, 0.2) is 0 Å². The predicted molar refractivity (Wildman–Crippen MR) is 73.5 cm³/mol. The van der Waals surface area contributed by atoms with Crippen molar-refractivity contribution in [1.29, 1.82) is 0 Å². The molecule has 0 saturated heterocycles. The maximum atomic E-state index is 13.1. The minimum Gasteiger partial charge on any atom is -0.475 e. The molecule has 1 heterocycles. The van der Waals surface area contributed by atoms with Crippen LogP contribution < -0.4 is 4.74 Å². The van der Waals surface area contributed by atoms with Crippen molar-refractivity contribution >= 4 is 24.7 Å². The molecular formula is C14H13F3O3S. The Hall–Kier alpha value is -1.63. The van der Waals surface area contributed by atoms with E-state index in [0.29, 0.717) is 16.0 Å². The van der Waals surface area contributed by atoms with Crippen molar-refractivity contribution in [3.63, 3.8) is 0 Å². The van der Waals surface area contributed by atoms with Crippen molar-refractivity contribution in [3.05, 3.63) is 28.8 Å². The monoisotopic (exact) mass is 318 g/mol. The zero-order valence-corrected chi connectivity index (χ0v) is 12.2. The van der Waals surface area contributed by atoms with Gasteiger partial charge in [0.1, 0.15) is 5.75 Å². The van der Waals surface area contributed by atoms with Crippen molar-refractivity contribution in [2.24, 2.45) is 0 Å². The molecule has 2 rings (SSSR count). The van der Waals surface area contributed by atoms with Gasteiger partial charge in [0.25, 0.3) is 0 Å². The van der Waals surface area contributed by atoms with Gasteiger partial charge in [-0.25, -0.2) is 4.79 Å². The van der Waals surface area contributed by atoms with Crippen LogP contribution in [0.15, 0.2) is 22.6 Å². The smallest absolute Gasteiger partial charge is 0.430 e. The van der Waals surface area contributed by atoms with Crippen LogP contribution in [0.5, 0.6) is 5.75 Å². The van der Waals surface area contributed by atoms with Crippen LogP contribution in [-0.2, 0) is 9.53 Å². The number of hydrogen-bond acceptors (Lipinski definition) is 4. The Morgan fingerprint density at radius 1 is 1.43 bits per heavy atom. The van der Waals surface area contributed by atoms with Gasteiger partial charge in [-0.2, -0.15) is 13.2 Å². The molecule has 1 aliphatic heterocycles. The predicted octanol–water partition coefficient (Wildman–Crippen LogP) is 3.55. The molecule has 1 unspecified atom stereocenters. The molecule has 0 saturated carbocycles. The second-order valence-corrected chi connectivity index (χ2v) is 5.06. The third-order valence-corrected chi connectivity index (χ3v) is 3.18. The van der Waals surface area contributed by atoms with Gasteiger partial charge < -0.3 is 9.47 Å². The number of halogens is 3. The summed E-state index contributed by atoms with van der Waals surface area (Å²) < 4.78 is 49.0. The van der Waals surface area contributed by atoms with Crippen molar-refractivity contribution in [1.82, 2.24) is 0 Å². The van der Waals surface area contributed by atoms with E-state index in [2.05, 4.69) is 17.4 Å². The van der Waals surface area contributed by atoms with Gasteiger partial charge in [0.2, 0.25) is 6.10 Å². The molecule has 114 valence electrons. The molecule has 0 N–H and O–H groups in total. The number of fused-ring (bicyclic) bond motifs is 1. The first-order valence-electron chi connectivity index (χ1n) is 6.19. The number of carbonyl (C=O) groups excluding carboxylic acids is 1. The highest BCUT2D eigenvalue weighted by atomic mass is 32.1. The summed E-state index contributed by atoms with van der Waals surface area (Å²) in [7, 11) is 0. The zero-order chi connectivity index (χ0) is 15.8. The summed E-state index contributed by atoms with van der Waals surface area (Å²) in [5.41, 5.74) is 0.338. The third kappa shape index (κ3) is 3.18. The highest BCUT2D eigenvalue weighted by Gasteiger charge is 2.49. The summed E-state index contributed by atoms with van der Waals surface area (Å²) in [5, 5.41) is 0. The fraction of sp³-hybridized carbons (Fsp3) is 0.357. The maximum Gasteiger partial charge on any atom is 0.430 e. The van der Waals surface area contributed by atoms with E-state index in [1.165, 1.54) is 13.0 Å². The normalized spacial score (nSPS) is 17.6. The second-order valence-electron chi connectivity index (χ2n) is 4.54. The lowest BCUT2D eigenvalue weighted by Crippen LogP contribution is -2.41. The molecule has 3 nitrogen and oxygen atoms in total. The number of benzene rings is 1. The van der Waals surface area contributed by atoms with Crippen LogP contribution in [0.2, 0.25) is 0 Å². The van der Waals surface area contributed by atoms with Crippen molar-refractivity contribution in [3.8, 4) is 5.75 Å². The summed E-state index contributed by atoms with van der Waals surface area (Å²) in [6, 6.07) is 3.13. The Kier molecular flexibility index (Phi) is 4.22. The van der Waals surface area contributed by atoms with E-state index in [-0.39, 0.29) is 12.4 Å². The number of aryl methyl sites for hydroxylation is 1. The highest BCUT2D eigenvalue weighted by Crippen LogP contribution is 2.40. The van der Waals surface area contributed by atoms with Gasteiger partial charge in [-0.05, 0) is 37.6 Å². The summed E-state index contributed by atoms with van der Waals surface area (Å²) in [6.07, 6.45) is -5.88. The molecule has 21 heavy (non-hydrogen) atoms. The third-order valence-electron chi connectivity index (χ3n) is 2.93. The van der Waals surface area contributed by atoms with Crippen molar-refractivity contribution in [2.45, 2.75) is 31.0 Å². The molecule has 0 aliphatic carbocycles. The van der Waals surface area contributed by atoms with E-state index in [9.17, 15) is 18.0 Å².